The van der Waals surface area contributed by atoms with E-state index in [1.54, 1.807) is 23.5 Å². The first kappa shape index (κ1) is 15.1. The number of nitrogens with one attached hydrogen (secondary N) is 1. The van der Waals surface area contributed by atoms with Gasteiger partial charge >= 0.3 is 12.1 Å². The summed E-state index contributed by atoms with van der Waals surface area (Å²) in [6, 6.07) is 4.98. The molecule has 1 amide bonds. The van der Waals surface area contributed by atoms with E-state index in [4.69, 9.17) is 9.47 Å². The lowest BCUT2D eigenvalue weighted by molar-refractivity contribution is -0.173. The second kappa shape index (κ2) is 6.31. The van der Waals surface area contributed by atoms with E-state index in [9.17, 15) is 18.0 Å². The van der Waals surface area contributed by atoms with Crippen LogP contribution < -0.4 is 14.8 Å². The number of ether oxygens (including phenoxy) is 2. The molecule has 1 N–H and O–H groups in total. The minimum absolute atomic E-state index is 0.137. The number of rotatable bonds is 5. The van der Waals surface area contributed by atoms with E-state index in [1.807, 2.05) is 0 Å². The van der Waals surface area contributed by atoms with Crippen LogP contribution in [0, 0.1) is 0 Å². The van der Waals surface area contributed by atoms with Crippen LogP contribution in [0.4, 0.5) is 13.2 Å². The lowest BCUT2D eigenvalue weighted by atomic mass is 10.1. The quantitative estimate of drug-likeness (QED) is 0.894. The molecular weight excluding hydrogens is 263 g/mol. The number of hydrogen-bond acceptors (Lipinski definition) is 3. The third-order valence-electron chi connectivity index (χ3n) is 2.42. The van der Waals surface area contributed by atoms with Crippen LogP contribution in [0.15, 0.2) is 18.2 Å². The van der Waals surface area contributed by atoms with Crippen LogP contribution in [0.2, 0.25) is 0 Å². The standard InChI is InChI=1S/C12H14F3NO3/c1-18-9-3-4-10(19-2)8(7-9)5-6-16-11(17)12(13,14)15/h3-4,7H,5-6H2,1-2H3,(H,16,17). The van der Waals surface area contributed by atoms with Crippen LogP contribution in [0.5, 0.6) is 11.5 Å². The first-order valence-electron chi connectivity index (χ1n) is 5.44. The van der Waals surface area contributed by atoms with Crippen molar-refractivity contribution < 1.29 is 27.4 Å². The highest BCUT2D eigenvalue weighted by molar-refractivity contribution is 5.81. The average Bonchev–Trinajstić information content (AvgIpc) is 2.37. The first-order chi connectivity index (χ1) is 8.88. The van der Waals surface area contributed by atoms with E-state index < -0.39 is 12.1 Å². The minimum Gasteiger partial charge on any atom is -0.497 e. The fourth-order valence-electron chi connectivity index (χ4n) is 1.49. The molecule has 0 unspecified atom stereocenters. The molecule has 106 valence electrons. The summed E-state index contributed by atoms with van der Waals surface area (Å²) in [4.78, 5) is 10.6. The highest BCUT2D eigenvalue weighted by atomic mass is 19.4. The summed E-state index contributed by atoms with van der Waals surface area (Å²) in [5.74, 6) is -0.852. The van der Waals surface area contributed by atoms with E-state index in [0.29, 0.717) is 17.1 Å². The van der Waals surface area contributed by atoms with Crippen LogP contribution >= 0.6 is 0 Å². The van der Waals surface area contributed by atoms with Gasteiger partial charge in [0.1, 0.15) is 11.5 Å². The van der Waals surface area contributed by atoms with Crippen molar-refractivity contribution >= 4 is 5.91 Å². The summed E-state index contributed by atoms with van der Waals surface area (Å²) in [5.41, 5.74) is 0.657. The maximum Gasteiger partial charge on any atom is 0.471 e. The van der Waals surface area contributed by atoms with Gasteiger partial charge in [-0.3, -0.25) is 4.79 Å². The summed E-state index contributed by atoms with van der Waals surface area (Å²) in [7, 11) is 2.94. The van der Waals surface area contributed by atoms with Crippen molar-refractivity contribution in [1.29, 1.82) is 0 Å². The Balaban J connectivity index is 2.64. The van der Waals surface area contributed by atoms with Gasteiger partial charge in [-0.1, -0.05) is 0 Å². The highest BCUT2D eigenvalue weighted by Gasteiger charge is 2.38. The Morgan fingerprint density at radius 1 is 1.26 bits per heavy atom. The fourth-order valence-corrected chi connectivity index (χ4v) is 1.49. The van der Waals surface area contributed by atoms with E-state index in [2.05, 4.69) is 0 Å². The van der Waals surface area contributed by atoms with Crippen molar-refractivity contribution in [2.24, 2.45) is 0 Å². The van der Waals surface area contributed by atoms with Gasteiger partial charge in [0.15, 0.2) is 0 Å². The molecule has 0 saturated heterocycles. The minimum atomic E-state index is -4.86. The summed E-state index contributed by atoms with van der Waals surface area (Å²) in [6.45, 7) is -0.137. The third kappa shape index (κ3) is 4.35. The molecule has 4 nitrogen and oxygen atoms in total. The molecule has 1 aromatic carbocycles. The number of alkyl halides is 3. The zero-order chi connectivity index (χ0) is 14.5. The molecule has 0 saturated carbocycles. The van der Waals surface area contributed by atoms with E-state index in [0.717, 1.165) is 0 Å². The molecule has 7 heteroatoms. The van der Waals surface area contributed by atoms with Crippen molar-refractivity contribution in [1.82, 2.24) is 5.32 Å². The molecule has 1 aromatic rings. The van der Waals surface area contributed by atoms with Gasteiger partial charge < -0.3 is 14.8 Å². The summed E-state index contributed by atoms with van der Waals surface area (Å²) in [6.07, 6.45) is -4.65. The first-order valence-corrected chi connectivity index (χ1v) is 5.44. The van der Waals surface area contributed by atoms with E-state index >= 15 is 0 Å². The second-order valence-electron chi connectivity index (χ2n) is 3.68. The molecule has 19 heavy (non-hydrogen) atoms. The Morgan fingerprint density at radius 2 is 1.95 bits per heavy atom. The number of amides is 1. The zero-order valence-corrected chi connectivity index (χ0v) is 10.5. The molecule has 0 aliphatic heterocycles. The molecule has 0 atom stereocenters. The Hall–Kier alpha value is -1.92. The van der Waals surface area contributed by atoms with Gasteiger partial charge in [0.05, 0.1) is 14.2 Å². The molecule has 0 fully saturated rings. The molecule has 1 rings (SSSR count). The van der Waals surface area contributed by atoms with Crippen LogP contribution in [0.25, 0.3) is 0 Å². The van der Waals surface area contributed by atoms with Gasteiger partial charge in [-0.15, -0.1) is 0 Å². The van der Waals surface area contributed by atoms with Gasteiger partial charge in [0.25, 0.3) is 0 Å². The van der Waals surface area contributed by atoms with Gasteiger partial charge in [0.2, 0.25) is 0 Å². The summed E-state index contributed by atoms with van der Waals surface area (Å²) >= 11 is 0. The molecule has 0 radical (unpaired) electrons. The van der Waals surface area contributed by atoms with Crippen LogP contribution in [-0.4, -0.2) is 32.8 Å². The smallest absolute Gasteiger partial charge is 0.471 e. The number of methoxy groups -OCH3 is 2. The topological polar surface area (TPSA) is 47.6 Å². The predicted molar refractivity (Wildman–Crippen MR) is 62.3 cm³/mol. The number of halogens is 3. The lowest BCUT2D eigenvalue weighted by Crippen LogP contribution is -2.37. The van der Waals surface area contributed by atoms with Crippen LogP contribution in [0.1, 0.15) is 5.56 Å². The largest absolute Gasteiger partial charge is 0.497 e. The third-order valence-corrected chi connectivity index (χ3v) is 2.42. The highest BCUT2D eigenvalue weighted by Crippen LogP contribution is 2.24. The van der Waals surface area contributed by atoms with Gasteiger partial charge in [-0.2, -0.15) is 13.2 Å². The summed E-state index contributed by atoms with van der Waals surface area (Å²) < 4.78 is 46.0. The monoisotopic (exact) mass is 277 g/mol. The molecule has 0 aliphatic carbocycles. The number of hydrogen-bond donors (Lipinski definition) is 1. The maximum atomic E-state index is 12.0. The number of carbonyl (C=O) groups excluding carboxylic acids is 1. The van der Waals surface area contributed by atoms with Crippen molar-refractivity contribution in [3.63, 3.8) is 0 Å². The zero-order valence-electron chi connectivity index (χ0n) is 10.5. The van der Waals surface area contributed by atoms with Gasteiger partial charge in [-0.05, 0) is 30.2 Å². The number of benzene rings is 1. The Kier molecular flexibility index (Phi) is 5.02. The van der Waals surface area contributed by atoms with Crippen molar-refractivity contribution in [2.45, 2.75) is 12.6 Å². The van der Waals surface area contributed by atoms with Crippen LogP contribution in [-0.2, 0) is 11.2 Å². The Labute approximate surface area is 108 Å². The molecular formula is C12H14F3NO3. The van der Waals surface area contributed by atoms with Crippen LogP contribution in [0.3, 0.4) is 0 Å². The average molecular weight is 277 g/mol. The second-order valence-corrected chi connectivity index (χ2v) is 3.68. The van der Waals surface area contributed by atoms with Crippen molar-refractivity contribution in [2.75, 3.05) is 20.8 Å². The molecule has 0 bridgehead atoms. The summed E-state index contributed by atoms with van der Waals surface area (Å²) in [5, 5.41) is 1.80. The van der Waals surface area contributed by atoms with Crippen molar-refractivity contribution in [3.8, 4) is 11.5 Å². The van der Waals surface area contributed by atoms with Gasteiger partial charge in [0, 0.05) is 6.54 Å². The molecule has 0 aliphatic rings. The lowest BCUT2D eigenvalue weighted by Gasteiger charge is -2.11. The Bertz CT molecular complexity index is 446. The van der Waals surface area contributed by atoms with Gasteiger partial charge in [-0.25, -0.2) is 0 Å². The molecule has 0 spiro atoms. The molecule has 0 aromatic heterocycles. The maximum absolute atomic E-state index is 12.0. The van der Waals surface area contributed by atoms with Crippen molar-refractivity contribution in [3.05, 3.63) is 23.8 Å². The van der Waals surface area contributed by atoms with E-state index in [1.165, 1.54) is 14.2 Å². The normalized spacial score (nSPS) is 11.0. The van der Waals surface area contributed by atoms with E-state index in [-0.39, 0.29) is 13.0 Å². The SMILES string of the molecule is COc1ccc(OC)c(CCNC(=O)C(F)(F)F)c1. The number of carbonyl (C=O) groups is 1. The predicted octanol–water partition coefficient (Wildman–Crippen LogP) is 1.92. The molecule has 0 heterocycles. The fraction of sp³-hybridized carbons (Fsp3) is 0.417. The Morgan fingerprint density at radius 3 is 2.47 bits per heavy atom.